The number of anilines is 2. The fraction of sp³-hybridized carbons (Fsp3) is 0.474. The molecule has 2 aromatic rings. The van der Waals surface area contributed by atoms with Gasteiger partial charge in [-0.15, -0.1) is 11.3 Å². The average Bonchev–Trinajstić information content (AvgIpc) is 3.38. The molecule has 1 atom stereocenters. The van der Waals surface area contributed by atoms with Gasteiger partial charge in [0.05, 0.1) is 6.10 Å². The van der Waals surface area contributed by atoms with Crippen LogP contribution in [0.3, 0.4) is 0 Å². The van der Waals surface area contributed by atoms with Crippen molar-refractivity contribution in [1.29, 1.82) is 0 Å². The SMILES string of the molecule is O=C(NC[C@@H]1CCCO1)c1csc(N2CCN(c3cccc(Cl)c3)CC2)n1. The second-order valence-corrected chi connectivity index (χ2v) is 8.09. The van der Waals surface area contributed by atoms with Gasteiger partial charge in [0.15, 0.2) is 5.13 Å². The molecule has 144 valence electrons. The Kier molecular flexibility index (Phi) is 5.80. The largest absolute Gasteiger partial charge is 0.376 e. The number of nitrogens with one attached hydrogen (secondary N) is 1. The first-order valence-electron chi connectivity index (χ1n) is 9.30. The van der Waals surface area contributed by atoms with Crippen molar-refractivity contribution in [3.63, 3.8) is 0 Å². The molecule has 1 N–H and O–H groups in total. The minimum atomic E-state index is -0.120. The molecule has 8 heteroatoms. The molecule has 0 radical (unpaired) electrons. The van der Waals surface area contributed by atoms with Crippen molar-refractivity contribution >= 4 is 39.7 Å². The van der Waals surface area contributed by atoms with E-state index in [-0.39, 0.29) is 12.0 Å². The molecule has 1 amide bonds. The maximum atomic E-state index is 12.3. The molecule has 2 aliphatic rings. The van der Waals surface area contributed by atoms with E-state index in [1.165, 1.54) is 11.3 Å². The topological polar surface area (TPSA) is 57.7 Å². The number of aromatic nitrogens is 1. The van der Waals surface area contributed by atoms with Crippen LogP contribution in [0, 0.1) is 0 Å². The van der Waals surface area contributed by atoms with E-state index in [0.29, 0.717) is 12.2 Å². The van der Waals surface area contributed by atoms with E-state index >= 15 is 0 Å². The van der Waals surface area contributed by atoms with E-state index in [1.54, 1.807) is 0 Å². The number of benzene rings is 1. The molecule has 0 saturated carbocycles. The third-order valence-electron chi connectivity index (χ3n) is 4.96. The summed E-state index contributed by atoms with van der Waals surface area (Å²) in [7, 11) is 0. The summed E-state index contributed by atoms with van der Waals surface area (Å²) in [5.74, 6) is -0.120. The molecular weight excluding hydrogens is 384 g/mol. The fourth-order valence-corrected chi connectivity index (χ4v) is 4.49. The first kappa shape index (κ1) is 18.5. The molecule has 2 fully saturated rings. The Morgan fingerprint density at radius 1 is 1.30 bits per heavy atom. The van der Waals surface area contributed by atoms with Gasteiger partial charge >= 0.3 is 0 Å². The zero-order valence-electron chi connectivity index (χ0n) is 15.1. The number of carbonyl (C=O) groups excluding carboxylic acids is 1. The Balaban J connectivity index is 1.30. The number of hydrogen-bond donors (Lipinski definition) is 1. The summed E-state index contributed by atoms with van der Waals surface area (Å²) in [4.78, 5) is 21.4. The maximum Gasteiger partial charge on any atom is 0.270 e. The molecule has 0 unspecified atom stereocenters. The fourth-order valence-electron chi connectivity index (χ4n) is 3.44. The van der Waals surface area contributed by atoms with Gasteiger partial charge in [-0.2, -0.15) is 0 Å². The lowest BCUT2D eigenvalue weighted by Crippen LogP contribution is -2.46. The Hall–Kier alpha value is -1.83. The van der Waals surface area contributed by atoms with Crippen molar-refractivity contribution in [3.8, 4) is 0 Å². The summed E-state index contributed by atoms with van der Waals surface area (Å²) in [6, 6.07) is 7.95. The number of thiazole rings is 1. The number of halogens is 1. The van der Waals surface area contributed by atoms with Crippen molar-refractivity contribution in [2.24, 2.45) is 0 Å². The third-order valence-corrected chi connectivity index (χ3v) is 6.10. The number of hydrogen-bond acceptors (Lipinski definition) is 6. The summed E-state index contributed by atoms with van der Waals surface area (Å²) in [6.45, 7) is 4.90. The summed E-state index contributed by atoms with van der Waals surface area (Å²) in [6.07, 6.45) is 2.23. The molecule has 0 spiro atoms. The Morgan fingerprint density at radius 3 is 2.85 bits per heavy atom. The first-order valence-corrected chi connectivity index (χ1v) is 10.6. The van der Waals surface area contributed by atoms with Crippen molar-refractivity contribution in [1.82, 2.24) is 10.3 Å². The lowest BCUT2D eigenvalue weighted by atomic mass is 10.2. The van der Waals surface area contributed by atoms with E-state index in [1.807, 2.05) is 23.6 Å². The minimum Gasteiger partial charge on any atom is -0.376 e. The molecule has 0 aliphatic carbocycles. The zero-order chi connectivity index (χ0) is 18.6. The second-order valence-electron chi connectivity index (χ2n) is 6.81. The number of nitrogens with zero attached hydrogens (tertiary/aromatic N) is 3. The van der Waals surface area contributed by atoms with E-state index in [2.05, 4.69) is 26.2 Å². The molecule has 2 saturated heterocycles. The highest BCUT2D eigenvalue weighted by Gasteiger charge is 2.22. The van der Waals surface area contributed by atoms with Gasteiger partial charge in [-0.3, -0.25) is 4.79 Å². The molecule has 3 heterocycles. The summed E-state index contributed by atoms with van der Waals surface area (Å²) in [5, 5.41) is 6.43. The molecule has 1 aromatic carbocycles. The predicted octanol–water partition coefficient (Wildman–Crippen LogP) is 3.03. The van der Waals surface area contributed by atoms with Crippen molar-refractivity contribution in [3.05, 3.63) is 40.4 Å². The van der Waals surface area contributed by atoms with Crippen LogP contribution in [0.15, 0.2) is 29.6 Å². The third kappa shape index (κ3) is 4.54. The van der Waals surface area contributed by atoms with Gasteiger partial charge in [0.2, 0.25) is 0 Å². The van der Waals surface area contributed by atoms with Crippen LogP contribution in [0.4, 0.5) is 10.8 Å². The second kappa shape index (κ2) is 8.46. The van der Waals surface area contributed by atoms with Crippen LogP contribution in [0.5, 0.6) is 0 Å². The highest BCUT2D eigenvalue weighted by molar-refractivity contribution is 7.13. The maximum absolute atomic E-state index is 12.3. The van der Waals surface area contributed by atoms with Crippen LogP contribution in [-0.2, 0) is 4.74 Å². The number of amides is 1. The van der Waals surface area contributed by atoms with Gasteiger partial charge in [0, 0.05) is 55.4 Å². The highest BCUT2D eigenvalue weighted by atomic mass is 35.5. The molecular formula is C19H23ClN4O2S. The highest BCUT2D eigenvalue weighted by Crippen LogP contribution is 2.25. The predicted molar refractivity (Wildman–Crippen MR) is 109 cm³/mol. The van der Waals surface area contributed by atoms with E-state index < -0.39 is 0 Å². The van der Waals surface area contributed by atoms with Gasteiger partial charge < -0.3 is 19.9 Å². The summed E-state index contributed by atoms with van der Waals surface area (Å²) < 4.78 is 5.54. The lowest BCUT2D eigenvalue weighted by Gasteiger charge is -2.36. The number of carbonyl (C=O) groups is 1. The molecule has 27 heavy (non-hydrogen) atoms. The van der Waals surface area contributed by atoms with Crippen molar-refractivity contribution in [2.75, 3.05) is 49.1 Å². The van der Waals surface area contributed by atoms with Crippen LogP contribution >= 0.6 is 22.9 Å². The van der Waals surface area contributed by atoms with Gasteiger partial charge in [-0.1, -0.05) is 17.7 Å². The Labute approximate surface area is 168 Å². The monoisotopic (exact) mass is 406 g/mol. The summed E-state index contributed by atoms with van der Waals surface area (Å²) >= 11 is 7.62. The quantitative estimate of drug-likeness (QED) is 0.827. The van der Waals surface area contributed by atoms with Gasteiger partial charge in [0.1, 0.15) is 5.69 Å². The normalized spacial score (nSPS) is 20.1. The van der Waals surface area contributed by atoms with Crippen LogP contribution in [0.2, 0.25) is 5.02 Å². The Bertz CT molecular complexity index is 786. The van der Waals surface area contributed by atoms with E-state index in [0.717, 1.165) is 61.5 Å². The molecule has 0 bridgehead atoms. The molecule has 6 nitrogen and oxygen atoms in total. The smallest absolute Gasteiger partial charge is 0.270 e. The molecule has 4 rings (SSSR count). The van der Waals surface area contributed by atoms with Crippen molar-refractivity contribution < 1.29 is 9.53 Å². The lowest BCUT2D eigenvalue weighted by molar-refractivity contribution is 0.0854. The van der Waals surface area contributed by atoms with Crippen LogP contribution in [0.1, 0.15) is 23.3 Å². The average molecular weight is 407 g/mol. The standard InChI is InChI=1S/C19H23ClN4O2S/c20-14-3-1-4-15(11-14)23-6-8-24(9-7-23)19-22-17(13-27-19)18(25)21-12-16-5-2-10-26-16/h1,3-4,11,13,16H,2,5-10,12H2,(H,21,25)/t16-/m0/s1. The number of rotatable bonds is 5. The van der Waals surface area contributed by atoms with Crippen LogP contribution in [-0.4, -0.2) is 56.3 Å². The van der Waals surface area contributed by atoms with Crippen molar-refractivity contribution in [2.45, 2.75) is 18.9 Å². The van der Waals surface area contributed by atoms with Crippen LogP contribution < -0.4 is 15.1 Å². The van der Waals surface area contributed by atoms with E-state index in [9.17, 15) is 4.79 Å². The van der Waals surface area contributed by atoms with Gasteiger partial charge in [0.25, 0.3) is 5.91 Å². The zero-order valence-corrected chi connectivity index (χ0v) is 16.6. The van der Waals surface area contributed by atoms with E-state index in [4.69, 9.17) is 16.3 Å². The Morgan fingerprint density at radius 2 is 2.11 bits per heavy atom. The van der Waals surface area contributed by atoms with Gasteiger partial charge in [-0.25, -0.2) is 4.98 Å². The molecule has 1 aromatic heterocycles. The first-order chi connectivity index (χ1) is 13.2. The molecule has 2 aliphatic heterocycles. The minimum absolute atomic E-state index is 0.120. The number of piperazine rings is 1. The van der Waals surface area contributed by atoms with Crippen LogP contribution in [0.25, 0.3) is 0 Å². The number of ether oxygens (including phenoxy) is 1. The summed E-state index contributed by atoms with van der Waals surface area (Å²) in [5.41, 5.74) is 1.64. The van der Waals surface area contributed by atoms with Gasteiger partial charge in [-0.05, 0) is 31.0 Å².